The highest BCUT2D eigenvalue weighted by Crippen LogP contribution is 2.46. The number of anilines is 2. The number of rotatable bonds is 16. The van der Waals surface area contributed by atoms with E-state index in [0.717, 1.165) is 18.2 Å². The molecule has 0 fully saturated rings. The van der Waals surface area contributed by atoms with Crippen LogP contribution in [0, 0.1) is 0 Å². The molecule has 0 aromatic heterocycles. The van der Waals surface area contributed by atoms with Crippen LogP contribution in [-0.2, 0) is 39.9 Å². The Balaban J connectivity index is 1.02. The number of carbonyl (C=O) groups is 2. The highest BCUT2D eigenvalue weighted by Gasteiger charge is 2.25. The molecule has 0 heterocycles. The summed E-state index contributed by atoms with van der Waals surface area (Å²) in [5.74, 6) is -4.34. The Morgan fingerprint density at radius 1 is 0.397 bits per heavy atom. The SMILES string of the molecule is O=C(O)CNc1ccc2c(O)c(N=Nc3ccc(-c4ccc(N=Nc5c(S(=O)(=O)O)cc6cc(N=Nc7c(S(=O)(=O)O)cc8cc(NCC(=O)O)ccc8c7O)ccc6c5O)cc4)cc3)c(S(=O)(=O)O)cc2c1. The fraction of sp³-hybridized carbons (Fsp3) is 0.0435. The number of carboxylic acids is 2. The molecule has 372 valence electrons. The average molecular weight is 1050 g/mol. The van der Waals surface area contributed by atoms with Crippen molar-refractivity contribution in [3.05, 3.63) is 121 Å². The predicted octanol–water partition coefficient (Wildman–Crippen LogP) is 9.91. The first-order valence-corrected chi connectivity index (χ1v) is 25.0. The number of nitrogens with one attached hydrogen (secondary N) is 2. The predicted molar refractivity (Wildman–Crippen MR) is 263 cm³/mol. The zero-order valence-corrected chi connectivity index (χ0v) is 39.2. The molecule has 0 aliphatic rings. The lowest BCUT2D eigenvalue weighted by Gasteiger charge is -2.11. The number of hydrogen-bond acceptors (Lipinski definition) is 19. The fourth-order valence-corrected chi connectivity index (χ4v) is 9.30. The highest BCUT2D eigenvalue weighted by atomic mass is 32.2. The van der Waals surface area contributed by atoms with Gasteiger partial charge in [-0.15, -0.1) is 15.3 Å². The van der Waals surface area contributed by atoms with E-state index in [1.165, 1.54) is 78.9 Å². The van der Waals surface area contributed by atoms with E-state index in [0.29, 0.717) is 16.8 Å². The van der Waals surface area contributed by atoms with E-state index in [1.54, 1.807) is 24.3 Å². The second-order valence-corrected chi connectivity index (χ2v) is 19.8. The van der Waals surface area contributed by atoms with E-state index in [-0.39, 0.29) is 55.1 Å². The summed E-state index contributed by atoms with van der Waals surface area (Å²) in [6, 6.07) is 27.8. The van der Waals surface area contributed by atoms with Crippen LogP contribution in [0.25, 0.3) is 43.4 Å². The van der Waals surface area contributed by atoms with Crippen LogP contribution >= 0.6 is 0 Å². The van der Waals surface area contributed by atoms with Crippen LogP contribution in [0.5, 0.6) is 17.2 Å². The number of carboxylic acid groups (broad SMARTS) is 2. The van der Waals surface area contributed by atoms with Gasteiger partial charge in [-0.3, -0.25) is 23.2 Å². The molecule has 73 heavy (non-hydrogen) atoms. The summed E-state index contributed by atoms with van der Waals surface area (Å²) in [7, 11) is -15.1. The molecule has 27 heteroatoms. The fourth-order valence-electron chi connectivity index (χ4n) is 7.32. The lowest BCUT2D eigenvalue weighted by atomic mass is 10.1. The molecule has 0 atom stereocenters. The standard InChI is InChI=1S/C46H34N8O16S3/c55-39(56)21-47-30-9-12-33-25(15-30)18-36(71(62,63)64)41(44(33)59)52-49-28-5-1-23(2-6-28)24-3-7-29(8-4-24)50-53-42-38(73(68,69)70)20-27-17-32(11-14-35(27)46(42)61)51-54-43-37(72(65,66)67)19-26-16-31(48-22-40(57)58)10-13-34(26)45(43)60/h1-20,47-48,59-61H,21-22H2,(H,55,56)(H,57,58)(H,62,63,64)(H,65,66,67)(H,68,69,70). The van der Waals surface area contributed by atoms with Gasteiger partial charge in [-0.25, -0.2) is 0 Å². The minimum absolute atomic E-state index is 0.00801. The Hall–Kier alpha value is -8.99. The highest BCUT2D eigenvalue weighted by molar-refractivity contribution is 7.86. The number of nitrogens with zero attached hydrogens (tertiary/aromatic N) is 6. The Kier molecular flexibility index (Phi) is 13.6. The van der Waals surface area contributed by atoms with Crippen molar-refractivity contribution in [2.75, 3.05) is 23.7 Å². The molecule has 10 N–H and O–H groups in total. The zero-order valence-electron chi connectivity index (χ0n) is 36.7. The quantitative estimate of drug-likeness (QED) is 0.0317. The molecule has 8 aromatic rings. The van der Waals surface area contributed by atoms with Gasteiger partial charge in [-0.2, -0.15) is 40.6 Å². The maximum absolute atomic E-state index is 12.6. The molecule has 0 saturated carbocycles. The van der Waals surface area contributed by atoms with Crippen LogP contribution in [-0.4, -0.2) is 89.5 Å². The second-order valence-electron chi connectivity index (χ2n) is 15.6. The van der Waals surface area contributed by atoms with Crippen molar-refractivity contribution in [2.45, 2.75) is 14.7 Å². The van der Waals surface area contributed by atoms with Gasteiger partial charge in [0.1, 0.15) is 44.8 Å². The summed E-state index contributed by atoms with van der Waals surface area (Å²) in [6.07, 6.45) is 0. The largest absolute Gasteiger partial charge is 0.505 e. The van der Waals surface area contributed by atoms with Crippen molar-refractivity contribution < 1.29 is 74.0 Å². The number of aliphatic carboxylic acids is 2. The lowest BCUT2D eigenvalue weighted by Crippen LogP contribution is -2.12. The molecule has 24 nitrogen and oxygen atoms in total. The number of phenols is 3. The molecule has 0 aliphatic carbocycles. The zero-order chi connectivity index (χ0) is 52.6. The Labute approximate surface area is 411 Å². The number of hydrogen-bond donors (Lipinski definition) is 10. The monoisotopic (exact) mass is 1050 g/mol. The number of fused-ring (bicyclic) bond motifs is 3. The summed E-state index contributed by atoms with van der Waals surface area (Å²) >= 11 is 0. The summed E-state index contributed by atoms with van der Waals surface area (Å²) in [5, 5.41) is 80.6. The Bertz CT molecular complexity index is 4040. The average Bonchev–Trinajstić information content (AvgIpc) is 3.33. The third kappa shape index (κ3) is 11.2. The number of phenolic OH excluding ortho intramolecular Hbond substituents is 3. The molecule has 8 rings (SSSR count). The van der Waals surface area contributed by atoms with Crippen LogP contribution in [0.3, 0.4) is 0 Å². The van der Waals surface area contributed by atoms with Crippen LogP contribution < -0.4 is 10.6 Å². The van der Waals surface area contributed by atoms with Crippen LogP contribution in [0.4, 0.5) is 45.5 Å². The maximum atomic E-state index is 12.6. The molecule has 0 unspecified atom stereocenters. The van der Waals surface area contributed by atoms with Gasteiger partial charge in [0.2, 0.25) is 0 Å². The van der Waals surface area contributed by atoms with E-state index in [2.05, 4.69) is 41.3 Å². The lowest BCUT2D eigenvalue weighted by molar-refractivity contribution is -0.135. The van der Waals surface area contributed by atoms with E-state index in [1.807, 2.05) is 0 Å². The van der Waals surface area contributed by atoms with Crippen molar-refractivity contribution in [2.24, 2.45) is 30.7 Å². The third-order valence-electron chi connectivity index (χ3n) is 10.7. The van der Waals surface area contributed by atoms with Gasteiger partial charge in [0.05, 0.1) is 17.1 Å². The molecule has 0 spiro atoms. The Morgan fingerprint density at radius 2 is 0.699 bits per heavy atom. The molecule has 8 aromatic carbocycles. The first-order chi connectivity index (χ1) is 34.4. The Morgan fingerprint density at radius 3 is 1.03 bits per heavy atom. The first-order valence-electron chi connectivity index (χ1n) is 20.6. The number of aromatic hydroxyl groups is 3. The van der Waals surface area contributed by atoms with E-state index >= 15 is 0 Å². The number of benzene rings is 8. The summed E-state index contributed by atoms with van der Waals surface area (Å²) in [4.78, 5) is 19.5. The van der Waals surface area contributed by atoms with Gasteiger partial charge in [-0.05, 0) is 124 Å². The summed E-state index contributed by atoms with van der Waals surface area (Å²) < 4.78 is 105. The van der Waals surface area contributed by atoms with Crippen molar-refractivity contribution >= 4 is 120 Å². The van der Waals surface area contributed by atoms with Crippen molar-refractivity contribution in [1.29, 1.82) is 0 Å². The van der Waals surface area contributed by atoms with Crippen molar-refractivity contribution in [3.63, 3.8) is 0 Å². The molecular formula is C46H34N8O16S3. The van der Waals surface area contributed by atoms with Gasteiger partial charge < -0.3 is 36.2 Å². The normalized spacial score (nSPS) is 12.4. The van der Waals surface area contributed by atoms with Crippen molar-refractivity contribution in [1.82, 2.24) is 0 Å². The van der Waals surface area contributed by atoms with E-state index in [9.17, 15) is 63.8 Å². The van der Waals surface area contributed by atoms with Crippen LogP contribution in [0.2, 0.25) is 0 Å². The molecule has 0 aliphatic heterocycles. The molecule has 0 bridgehead atoms. The van der Waals surface area contributed by atoms with Gasteiger partial charge in [0.15, 0.2) is 17.2 Å². The minimum Gasteiger partial charge on any atom is -0.505 e. The molecular weight excluding hydrogens is 1020 g/mol. The van der Waals surface area contributed by atoms with E-state index < -0.39 is 104 Å². The summed E-state index contributed by atoms with van der Waals surface area (Å²) in [5.41, 5.74) is 0.355. The van der Waals surface area contributed by atoms with Crippen LogP contribution in [0.15, 0.2) is 167 Å². The van der Waals surface area contributed by atoms with Crippen LogP contribution in [0.1, 0.15) is 0 Å². The summed E-state index contributed by atoms with van der Waals surface area (Å²) in [6.45, 7) is -0.894. The molecule has 0 radical (unpaired) electrons. The number of azo groups is 3. The molecule has 0 saturated heterocycles. The maximum Gasteiger partial charge on any atom is 0.322 e. The first kappa shape index (κ1) is 50.4. The van der Waals surface area contributed by atoms with E-state index in [4.69, 9.17) is 10.2 Å². The third-order valence-corrected chi connectivity index (χ3v) is 13.3. The van der Waals surface area contributed by atoms with Gasteiger partial charge in [-0.1, -0.05) is 24.3 Å². The van der Waals surface area contributed by atoms with Gasteiger partial charge in [0.25, 0.3) is 30.4 Å². The molecule has 0 amide bonds. The van der Waals surface area contributed by atoms with Gasteiger partial charge >= 0.3 is 11.9 Å². The topological polar surface area (TPSA) is 397 Å². The minimum atomic E-state index is -5.08. The van der Waals surface area contributed by atoms with Crippen molar-refractivity contribution in [3.8, 4) is 28.4 Å². The van der Waals surface area contributed by atoms with Gasteiger partial charge in [0, 0.05) is 27.5 Å². The second kappa shape index (κ2) is 19.7. The smallest absolute Gasteiger partial charge is 0.322 e.